The maximum atomic E-state index is 6.00. The lowest BCUT2D eigenvalue weighted by Crippen LogP contribution is -2.25. The summed E-state index contributed by atoms with van der Waals surface area (Å²) in [6.07, 6.45) is 8.34. The Hall–Kier alpha value is 0.310. The highest BCUT2D eigenvalue weighted by Gasteiger charge is 2.38. The Balaban J connectivity index is 1.65. The van der Waals surface area contributed by atoms with Crippen LogP contribution in [0.4, 0.5) is 0 Å². The van der Waals surface area contributed by atoms with E-state index < -0.39 is 0 Å². The Labute approximate surface area is 73.1 Å². The minimum Gasteiger partial charge on any atom is -0.324 e. The average molecular weight is 171 g/mol. The molecular weight excluding hydrogens is 154 g/mol. The zero-order chi connectivity index (χ0) is 7.73. The summed E-state index contributed by atoms with van der Waals surface area (Å²) in [4.78, 5) is 0. The number of rotatable bonds is 3. The summed E-state index contributed by atoms with van der Waals surface area (Å²) >= 11 is 2.13. The highest BCUT2D eigenvalue weighted by Crippen LogP contribution is 2.39. The summed E-state index contributed by atoms with van der Waals surface area (Å²) < 4.78 is 0. The van der Waals surface area contributed by atoms with Gasteiger partial charge in [-0.15, -0.1) is 0 Å². The first kappa shape index (κ1) is 7.93. The molecule has 0 radical (unpaired) electrons. The van der Waals surface area contributed by atoms with Gasteiger partial charge in [0.05, 0.1) is 0 Å². The predicted molar refractivity (Wildman–Crippen MR) is 50.9 cm³/mol. The normalized spacial score (nSPS) is 29.2. The molecule has 0 unspecified atom stereocenters. The molecule has 64 valence electrons. The molecule has 2 aliphatic rings. The van der Waals surface area contributed by atoms with E-state index in [1.54, 1.807) is 0 Å². The maximum absolute atomic E-state index is 6.00. The Kier molecular flexibility index (Phi) is 2.15. The fourth-order valence-corrected chi connectivity index (χ4v) is 3.17. The van der Waals surface area contributed by atoms with Gasteiger partial charge in [0.15, 0.2) is 0 Å². The van der Waals surface area contributed by atoms with E-state index >= 15 is 0 Å². The van der Waals surface area contributed by atoms with Crippen LogP contribution >= 0.6 is 11.8 Å². The number of hydrogen-bond acceptors (Lipinski definition) is 2. The molecule has 2 heteroatoms. The van der Waals surface area contributed by atoms with Crippen LogP contribution in [0.3, 0.4) is 0 Å². The minimum atomic E-state index is 0.271. The molecule has 0 heterocycles. The van der Waals surface area contributed by atoms with E-state index in [4.69, 9.17) is 5.73 Å². The molecule has 11 heavy (non-hydrogen) atoms. The van der Waals surface area contributed by atoms with E-state index in [0.29, 0.717) is 0 Å². The van der Waals surface area contributed by atoms with Crippen LogP contribution in [-0.4, -0.2) is 16.5 Å². The molecule has 0 aromatic heterocycles. The third-order valence-corrected chi connectivity index (χ3v) is 4.49. The van der Waals surface area contributed by atoms with Crippen molar-refractivity contribution < 1.29 is 0 Å². The summed E-state index contributed by atoms with van der Waals surface area (Å²) in [6.45, 7) is 0. The van der Waals surface area contributed by atoms with Gasteiger partial charge < -0.3 is 5.73 Å². The molecule has 0 atom stereocenters. The van der Waals surface area contributed by atoms with Crippen LogP contribution in [0.5, 0.6) is 0 Å². The smallest absolute Gasteiger partial charge is 0.0247 e. The standard InChI is InChI=1S/C9H17NS/c10-9(5-6-9)7-11-8-3-1-2-4-8/h8H,1-7,10H2. The second-order valence-electron chi connectivity index (χ2n) is 4.08. The van der Waals surface area contributed by atoms with Crippen molar-refractivity contribution in [1.29, 1.82) is 0 Å². The monoisotopic (exact) mass is 171 g/mol. The van der Waals surface area contributed by atoms with Gasteiger partial charge in [0.2, 0.25) is 0 Å². The Morgan fingerprint density at radius 2 is 1.91 bits per heavy atom. The van der Waals surface area contributed by atoms with Crippen LogP contribution < -0.4 is 5.73 Å². The molecule has 0 saturated heterocycles. The van der Waals surface area contributed by atoms with Crippen LogP contribution in [0.25, 0.3) is 0 Å². The van der Waals surface area contributed by atoms with Crippen molar-refractivity contribution in [2.75, 3.05) is 5.75 Å². The summed E-state index contributed by atoms with van der Waals surface area (Å²) in [7, 11) is 0. The Morgan fingerprint density at radius 3 is 2.45 bits per heavy atom. The number of hydrogen-bond donors (Lipinski definition) is 1. The molecular formula is C9H17NS. The molecule has 0 spiro atoms. The first-order valence-electron chi connectivity index (χ1n) is 4.69. The summed E-state index contributed by atoms with van der Waals surface area (Å²) in [5, 5.41) is 0.955. The van der Waals surface area contributed by atoms with Crippen molar-refractivity contribution in [3.8, 4) is 0 Å². The lowest BCUT2D eigenvalue weighted by molar-refractivity contribution is 0.769. The molecule has 0 aromatic rings. The van der Waals surface area contributed by atoms with Crippen LogP contribution in [-0.2, 0) is 0 Å². The Morgan fingerprint density at radius 1 is 1.27 bits per heavy atom. The average Bonchev–Trinajstić information content (AvgIpc) is 2.53. The first-order valence-corrected chi connectivity index (χ1v) is 5.74. The van der Waals surface area contributed by atoms with Gasteiger partial charge in [-0.3, -0.25) is 0 Å². The van der Waals surface area contributed by atoms with Crippen LogP contribution in [0.1, 0.15) is 38.5 Å². The molecule has 0 aliphatic heterocycles. The molecule has 2 fully saturated rings. The van der Waals surface area contributed by atoms with Gasteiger partial charge in [0, 0.05) is 16.5 Å². The van der Waals surface area contributed by atoms with Crippen molar-refractivity contribution in [3.63, 3.8) is 0 Å². The topological polar surface area (TPSA) is 26.0 Å². The van der Waals surface area contributed by atoms with Crippen molar-refractivity contribution in [3.05, 3.63) is 0 Å². The fourth-order valence-electron chi connectivity index (χ4n) is 1.64. The van der Waals surface area contributed by atoms with E-state index in [1.165, 1.54) is 44.3 Å². The van der Waals surface area contributed by atoms with E-state index in [9.17, 15) is 0 Å². The van der Waals surface area contributed by atoms with Crippen molar-refractivity contribution in [2.45, 2.75) is 49.3 Å². The van der Waals surface area contributed by atoms with E-state index in [0.717, 1.165) is 5.25 Å². The summed E-state index contributed by atoms with van der Waals surface area (Å²) in [5.74, 6) is 1.22. The predicted octanol–water partition coefficient (Wildman–Crippen LogP) is 2.15. The lowest BCUT2D eigenvalue weighted by Gasteiger charge is -2.12. The Bertz CT molecular complexity index is 136. The quantitative estimate of drug-likeness (QED) is 0.704. The second-order valence-corrected chi connectivity index (χ2v) is 5.37. The molecule has 2 rings (SSSR count). The van der Waals surface area contributed by atoms with Gasteiger partial charge >= 0.3 is 0 Å². The zero-order valence-corrected chi connectivity index (χ0v) is 7.83. The molecule has 0 amide bonds. The molecule has 2 saturated carbocycles. The van der Waals surface area contributed by atoms with Gasteiger partial charge in [-0.2, -0.15) is 11.8 Å². The van der Waals surface area contributed by atoms with Crippen LogP contribution in [0.2, 0.25) is 0 Å². The maximum Gasteiger partial charge on any atom is 0.0247 e. The van der Waals surface area contributed by atoms with Crippen LogP contribution in [0, 0.1) is 0 Å². The van der Waals surface area contributed by atoms with E-state index in [1.807, 2.05) is 0 Å². The van der Waals surface area contributed by atoms with Gasteiger partial charge in [0.25, 0.3) is 0 Å². The van der Waals surface area contributed by atoms with E-state index in [2.05, 4.69) is 11.8 Å². The largest absolute Gasteiger partial charge is 0.324 e. The van der Waals surface area contributed by atoms with Crippen molar-refractivity contribution in [2.24, 2.45) is 5.73 Å². The van der Waals surface area contributed by atoms with Gasteiger partial charge in [-0.1, -0.05) is 12.8 Å². The SMILES string of the molecule is NC1(CSC2CCCC2)CC1. The highest BCUT2D eigenvalue weighted by molar-refractivity contribution is 8.00. The second kappa shape index (κ2) is 2.98. The molecule has 0 bridgehead atoms. The van der Waals surface area contributed by atoms with Gasteiger partial charge in [-0.25, -0.2) is 0 Å². The fraction of sp³-hybridized carbons (Fsp3) is 1.00. The van der Waals surface area contributed by atoms with Gasteiger partial charge in [0.1, 0.15) is 0 Å². The van der Waals surface area contributed by atoms with E-state index in [-0.39, 0.29) is 5.54 Å². The third kappa shape index (κ3) is 2.12. The van der Waals surface area contributed by atoms with Crippen LogP contribution in [0.15, 0.2) is 0 Å². The van der Waals surface area contributed by atoms with Crippen molar-refractivity contribution >= 4 is 11.8 Å². The summed E-state index contributed by atoms with van der Waals surface area (Å²) in [5.41, 5.74) is 6.27. The molecule has 2 N–H and O–H groups in total. The highest BCUT2D eigenvalue weighted by atomic mass is 32.2. The number of thioether (sulfide) groups is 1. The lowest BCUT2D eigenvalue weighted by atomic mass is 10.4. The molecule has 2 aliphatic carbocycles. The molecule has 0 aromatic carbocycles. The number of nitrogens with two attached hydrogens (primary N) is 1. The minimum absolute atomic E-state index is 0.271. The van der Waals surface area contributed by atoms with Gasteiger partial charge in [-0.05, 0) is 25.7 Å². The third-order valence-electron chi connectivity index (χ3n) is 2.80. The van der Waals surface area contributed by atoms with Crippen molar-refractivity contribution in [1.82, 2.24) is 0 Å². The first-order chi connectivity index (χ1) is 5.29. The zero-order valence-electron chi connectivity index (χ0n) is 7.01. The summed E-state index contributed by atoms with van der Waals surface area (Å²) in [6, 6.07) is 0. The molecule has 1 nitrogen and oxygen atoms in total.